The second-order valence-corrected chi connectivity index (χ2v) is 9.99. The summed E-state index contributed by atoms with van der Waals surface area (Å²) in [6, 6.07) is 11.7. The highest BCUT2D eigenvalue weighted by atomic mass is 15.2. The molecule has 7 rings (SSSR count). The van der Waals surface area contributed by atoms with Crippen LogP contribution in [0.4, 0.5) is 0 Å². The normalized spacial score (nSPS) is 11.2. The highest BCUT2D eigenvalue weighted by Crippen LogP contribution is 1.86. The first kappa shape index (κ1) is 39.2. The molecular weight excluding hydrogens is 588 g/mol. The lowest BCUT2D eigenvalue weighted by Gasteiger charge is -1.78. The molecule has 12 heteroatoms. The van der Waals surface area contributed by atoms with Gasteiger partial charge < -0.3 is 0 Å². The molecule has 0 unspecified atom stereocenters. The minimum absolute atomic E-state index is 1.11. The van der Waals surface area contributed by atoms with E-state index in [1.807, 2.05) is 137 Å². The van der Waals surface area contributed by atoms with E-state index in [0.717, 1.165) is 12.8 Å². The smallest absolute Gasteiger partial charge is 0.252 e. The Balaban J connectivity index is 0.000000274. The zero-order valence-corrected chi connectivity index (χ0v) is 28.8. The number of hydrogen-bond acceptors (Lipinski definition) is 5. The van der Waals surface area contributed by atoms with Crippen molar-refractivity contribution in [1.29, 1.82) is 0 Å². The first-order valence-electron chi connectivity index (χ1n) is 15.0. The van der Waals surface area contributed by atoms with Crippen LogP contribution in [0.3, 0.4) is 0 Å². The van der Waals surface area contributed by atoms with E-state index < -0.39 is 0 Å². The summed E-state index contributed by atoms with van der Waals surface area (Å²) in [5.74, 6) is 0. The predicted octanol–water partition coefficient (Wildman–Crippen LogP) is 0.764. The molecule has 0 saturated carbocycles. The quantitative estimate of drug-likeness (QED) is 0.234. The largest absolute Gasteiger partial charge is 0.285 e. The van der Waals surface area contributed by atoms with E-state index in [-0.39, 0.29) is 0 Å². The van der Waals surface area contributed by atoms with Crippen LogP contribution in [-0.2, 0) is 35.2 Å². The molecular formula is C35H51N12+7. The third-order valence-corrected chi connectivity index (χ3v) is 5.50. The Labute approximate surface area is 279 Å². The standard InChI is InChI=1S/C6H8N.3C5H7N2.2C5H8N.C4H6N3/c1-7-5-3-2-4-6-7;1-7-4-2-6-3-5-7;1-7-4-2-3-6-5-7;1-7-5-3-2-4-6-7;2*1-6-4-2-3-5-6;1-7-3-5-2-6-4-7/h2-6H,1H3;3*2-5H,1H3;2*2,4-5H,3H2,1H3;2-4H,1H3/q7*+1. The molecule has 47 heavy (non-hydrogen) atoms. The van der Waals surface area contributed by atoms with E-state index in [2.05, 4.69) is 71.2 Å². The Morgan fingerprint density at radius 1 is 0.426 bits per heavy atom. The van der Waals surface area contributed by atoms with E-state index >= 15 is 0 Å². The van der Waals surface area contributed by atoms with Crippen LogP contribution in [-0.4, -0.2) is 60.7 Å². The summed E-state index contributed by atoms with van der Waals surface area (Å²) in [6.07, 6.45) is 40.1. The van der Waals surface area contributed by atoms with Crippen molar-refractivity contribution in [1.82, 2.24) is 25.0 Å². The van der Waals surface area contributed by atoms with Gasteiger partial charge in [-0.2, -0.15) is 0 Å². The molecule has 0 N–H and O–H groups in total. The summed E-state index contributed by atoms with van der Waals surface area (Å²) in [6.45, 7) is 0. The average Bonchev–Trinajstić information content (AvgIpc) is 3.78. The molecule has 0 aromatic carbocycles. The van der Waals surface area contributed by atoms with Crippen molar-refractivity contribution in [3.05, 3.63) is 148 Å². The third-order valence-electron chi connectivity index (χ3n) is 5.50. The number of aromatic nitrogens is 10. The topological polar surface area (TPSA) is 89.9 Å². The lowest BCUT2D eigenvalue weighted by Crippen LogP contribution is -2.30. The summed E-state index contributed by atoms with van der Waals surface area (Å²) < 4.78 is 13.5. The molecule has 244 valence electrons. The number of pyridine rings is 1. The summed E-state index contributed by atoms with van der Waals surface area (Å²) in [5.41, 5.74) is 0. The van der Waals surface area contributed by atoms with Gasteiger partial charge in [0.05, 0.1) is 38.9 Å². The molecule has 7 heterocycles. The third kappa shape index (κ3) is 25.3. The van der Waals surface area contributed by atoms with Crippen molar-refractivity contribution < 1.29 is 32.1 Å². The van der Waals surface area contributed by atoms with Crippen molar-refractivity contribution >= 4 is 12.4 Å². The Kier molecular flexibility index (Phi) is 22.2. The fourth-order valence-corrected chi connectivity index (χ4v) is 3.05. The van der Waals surface area contributed by atoms with Crippen molar-refractivity contribution in [3.63, 3.8) is 0 Å². The van der Waals surface area contributed by atoms with Gasteiger partial charge in [-0.05, 0) is 23.3 Å². The lowest BCUT2D eigenvalue weighted by atomic mass is 10.5. The van der Waals surface area contributed by atoms with Crippen LogP contribution in [0, 0.1) is 0 Å². The van der Waals surface area contributed by atoms with Crippen molar-refractivity contribution in [2.45, 2.75) is 12.8 Å². The van der Waals surface area contributed by atoms with Gasteiger partial charge in [0.2, 0.25) is 12.7 Å². The van der Waals surface area contributed by atoms with Crippen molar-refractivity contribution in [2.24, 2.45) is 35.2 Å². The monoisotopic (exact) mass is 639 g/mol. The minimum atomic E-state index is 1.11. The van der Waals surface area contributed by atoms with Crippen LogP contribution in [0.15, 0.2) is 148 Å². The fraction of sp³-hybridized carbons (Fsp3) is 0.257. The highest BCUT2D eigenvalue weighted by Gasteiger charge is 1.93. The van der Waals surface area contributed by atoms with Crippen LogP contribution in [0.2, 0.25) is 0 Å². The summed E-state index contributed by atoms with van der Waals surface area (Å²) in [5, 5.41) is 3.90. The fourth-order valence-electron chi connectivity index (χ4n) is 3.05. The molecule has 0 radical (unpaired) electrons. The number of allylic oxidation sites excluding steroid dienone is 2. The zero-order chi connectivity index (χ0) is 34.4. The first-order chi connectivity index (χ1) is 22.8. The molecule has 0 saturated heterocycles. The SMILES string of the molecule is C[N+]1=CCC=C1.C[N+]1=CCC=C1.C[n+]1ccccc1.C[n+]1ccccn1.C[n+]1cccnc1.C[n+]1ccncc1.C[n+]1cncnc1. The Morgan fingerprint density at radius 2 is 0.957 bits per heavy atom. The van der Waals surface area contributed by atoms with Gasteiger partial charge in [0.1, 0.15) is 46.8 Å². The summed E-state index contributed by atoms with van der Waals surface area (Å²) >= 11 is 0. The van der Waals surface area contributed by atoms with Gasteiger partial charge in [0.15, 0.2) is 50.4 Å². The molecule has 0 spiro atoms. The number of hydrogen-bond donors (Lipinski definition) is 0. The van der Waals surface area contributed by atoms with E-state index in [1.165, 1.54) is 6.33 Å². The number of aryl methyl sites for hydroxylation is 5. The number of nitrogens with zero attached hydrogens (tertiary/aromatic N) is 12. The van der Waals surface area contributed by atoms with Gasteiger partial charge in [0.25, 0.3) is 12.7 Å². The van der Waals surface area contributed by atoms with Crippen molar-refractivity contribution in [2.75, 3.05) is 14.1 Å². The molecule has 0 amide bonds. The van der Waals surface area contributed by atoms with Crippen LogP contribution < -0.4 is 23.0 Å². The van der Waals surface area contributed by atoms with Crippen LogP contribution in [0.25, 0.3) is 0 Å². The summed E-state index contributed by atoms with van der Waals surface area (Å²) in [4.78, 5) is 15.1. The number of rotatable bonds is 0. The van der Waals surface area contributed by atoms with Gasteiger partial charge in [-0.3, -0.25) is 4.98 Å². The van der Waals surface area contributed by atoms with E-state index in [0.29, 0.717) is 0 Å². The molecule has 5 aromatic rings. The van der Waals surface area contributed by atoms with Gasteiger partial charge in [-0.15, -0.1) is 0 Å². The molecule has 0 aliphatic carbocycles. The minimum Gasteiger partial charge on any atom is -0.252 e. The molecule has 12 nitrogen and oxygen atoms in total. The maximum absolute atomic E-state index is 3.90. The molecule has 0 fully saturated rings. The van der Waals surface area contributed by atoms with Crippen LogP contribution >= 0.6 is 0 Å². The maximum atomic E-state index is 3.90. The lowest BCUT2D eigenvalue weighted by molar-refractivity contribution is -0.730. The summed E-state index contributed by atoms with van der Waals surface area (Å²) in [7, 11) is 13.7. The molecule has 5 aromatic heterocycles. The predicted molar refractivity (Wildman–Crippen MR) is 179 cm³/mol. The van der Waals surface area contributed by atoms with Gasteiger partial charge >= 0.3 is 0 Å². The Hall–Kier alpha value is -5.78. The maximum Gasteiger partial charge on any atom is 0.285 e. The first-order valence-corrected chi connectivity index (χ1v) is 15.0. The van der Waals surface area contributed by atoms with E-state index in [9.17, 15) is 0 Å². The van der Waals surface area contributed by atoms with Gasteiger partial charge in [-0.1, -0.05) is 25.7 Å². The van der Waals surface area contributed by atoms with E-state index in [1.54, 1.807) is 53.0 Å². The van der Waals surface area contributed by atoms with Crippen LogP contribution in [0.1, 0.15) is 12.8 Å². The molecule has 0 bridgehead atoms. The van der Waals surface area contributed by atoms with E-state index in [4.69, 9.17) is 0 Å². The molecule has 2 aliphatic rings. The van der Waals surface area contributed by atoms with Crippen LogP contribution in [0.5, 0.6) is 0 Å². The van der Waals surface area contributed by atoms with Crippen molar-refractivity contribution in [3.8, 4) is 0 Å². The molecule has 0 atom stereocenters. The average molecular weight is 640 g/mol. The second-order valence-electron chi connectivity index (χ2n) is 9.99. The Bertz CT molecular complexity index is 1310. The Morgan fingerprint density at radius 3 is 1.19 bits per heavy atom. The highest BCUT2D eigenvalue weighted by molar-refractivity contribution is 5.55. The second kappa shape index (κ2) is 26.6. The zero-order valence-electron chi connectivity index (χ0n) is 28.8. The van der Waals surface area contributed by atoms with Gasteiger partial charge in [0, 0.05) is 37.1 Å². The molecule has 2 aliphatic heterocycles. The van der Waals surface area contributed by atoms with Gasteiger partial charge in [-0.25, -0.2) is 27.4 Å².